The molecule has 0 spiro atoms. The Kier molecular flexibility index (Phi) is 3.59. The highest BCUT2D eigenvalue weighted by Crippen LogP contribution is 2.73. The molecule has 3 nitrogen and oxygen atoms in total. The van der Waals surface area contributed by atoms with Crippen molar-refractivity contribution in [2.24, 2.45) is 35.5 Å². The molecule has 0 aromatic heterocycles. The summed E-state index contributed by atoms with van der Waals surface area (Å²) in [5, 5.41) is 0. The van der Waals surface area contributed by atoms with Gasteiger partial charge in [-0.25, -0.2) is 13.1 Å². The summed E-state index contributed by atoms with van der Waals surface area (Å²) in [7, 11) is -3.50. The molecule has 0 aliphatic heterocycles. The molecule has 3 fully saturated rings. The fourth-order valence-electron chi connectivity index (χ4n) is 7.50. The summed E-state index contributed by atoms with van der Waals surface area (Å²) in [5.41, 5.74) is 5.95. The van der Waals surface area contributed by atoms with E-state index in [0.717, 1.165) is 48.0 Å². The van der Waals surface area contributed by atoms with Crippen molar-refractivity contribution in [1.29, 1.82) is 0 Å². The van der Waals surface area contributed by atoms with E-state index in [-0.39, 0.29) is 5.92 Å². The maximum atomic E-state index is 13.2. The van der Waals surface area contributed by atoms with Crippen LogP contribution in [0, 0.1) is 35.5 Å². The van der Waals surface area contributed by atoms with Gasteiger partial charge in [0, 0.05) is 12.5 Å². The highest BCUT2D eigenvalue weighted by atomic mass is 32.2. The second kappa shape index (κ2) is 6.08. The number of sulfonamides is 1. The SMILES string of the molecule is O=S(=O)(NCCCC1C2CC3CC1C32)C1=C2C=CC3=C4C(=CC=C(C=C1)C24)CC=C3. The van der Waals surface area contributed by atoms with Gasteiger partial charge >= 0.3 is 0 Å². The van der Waals surface area contributed by atoms with Crippen LogP contribution in [0.25, 0.3) is 0 Å². The average molecular weight is 418 g/mol. The minimum Gasteiger partial charge on any atom is -0.211 e. The monoisotopic (exact) mass is 417 g/mol. The normalized spacial score (nSPS) is 38.8. The summed E-state index contributed by atoms with van der Waals surface area (Å²) >= 11 is 0. The zero-order valence-corrected chi connectivity index (χ0v) is 17.9. The zero-order valence-electron chi connectivity index (χ0n) is 17.1. The molecule has 1 N–H and O–H groups in total. The van der Waals surface area contributed by atoms with Gasteiger partial charge in [0.15, 0.2) is 0 Å². The van der Waals surface area contributed by atoms with E-state index in [0.29, 0.717) is 11.4 Å². The van der Waals surface area contributed by atoms with Crippen molar-refractivity contribution in [3.05, 3.63) is 81.4 Å². The Labute approximate surface area is 178 Å². The molecular weight excluding hydrogens is 390 g/mol. The minimum atomic E-state index is -3.50. The molecule has 3 atom stereocenters. The fourth-order valence-corrected chi connectivity index (χ4v) is 8.82. The van der Waals surface area contributed by atoms with Crippen LogP contribution >= 0.6 is 0 Å². The maximum absolute atomic E-state index is 13.2. The van der Waals surface area contributed by atoms with Crippen molar-refractivity contribution in [2.45, 2.75) is 32.1 Å². The van der Waals surface area contributed by atoms with Crippen molar-refractivity contribution in [3.8, 4) is 0 Å². The molecule has 0 bridgehead atoms. The highest BCUT2D eigenvalue weighted by Gasteiger charge is 2.66. The van der Waals surface area contributed by atoms with Crippen LogP contribution in [0.3, 0.4) is 0 Å². The third-order valence-electron chi connectivity index (χ3n) is 8.93. The molecule has 0 radical (unpaired) electrons. The number of allylic oxidation sites excluding steroid dienone is 13. The van der Waals surface area contributed by atoms with Crippen molar-refractivity contribution in [2.75, 3.05) is 6.54 Å². The van der Waals surface area contributed by atoms with Crippen LogP contribution in [0.15, 0.2) is 81.4 Å². The van der Waals surface area contributed by atoms with E-state index >= 15 is 0 Å². The molecule has 4 heteroatoms. The van der Waals surface area contributed by atoms with Gasteiger partial charge in [-0.05, 0) is 95.6 Å². The Morgan fingerprint density at radius 3 is 2.67 bits per heavy atom. The second-order valence-electron chi connectivity index (χ2n) is 10.1. The molecular formula is C26H27NO2S. The van der Waals surface area contributed by atoms with Gasteiger partial charge in [-0.3, -0.25) is 0 Å². The van der Waals surface area contributed by atoms with E-state index in [4.69, 9.17) is 0 Å². The Morgan fingerprint density at radius 1 is 1.00 bits per heavy atom. The Hall–Kier alpha value is -1.91. The van der Waals surface area contributed by atoms with Crippen LogP contribution in [0.4, 0.5) is 0 Å². The summed E-state index contributed by atoms with van der Waals surface area (Å²) in [6.07, 6.45) is 22.6. The molecule has 154 valence electrons. The molecule has 7 rings (SSSR count). The Morgan fingerprint density at radius 2 is 1.87 bits per heavy atom. The largest absolute Gasteiger partial charge is 0.240 e. The smallest absolute Gasteiger partial charge is 0.211 e. The molecule has 0 amide bonds. The molecule has 3 saturated carbocycles. The molecule has 7 aliphatic rings. The van der Waals surface area contributed by atoms with Crippen LogP contribution in [0.5, 0.6) is 0 Å². The molecule has 30 heavy (non-hydrogen) atoms. The first-order valence-electron chi connectivity index (χ1n) is 11.5. The average Bonchev–Trinajstić information content (AvgIpc) is 2.75. The number of nitrogens with one attached hydrogen (secondary N) is 1. The lowest BCUT2D eigenvalue weighted by atomic mass is 9.32. The van der Waals surface area contributed by atoms with E-state index in [1.165, 1.54) is 41.6 Å². The molecule has 3 unspecified atom stereocenters. The standard InChI is InChI=1S/C26H27NO2S/c28-30(29,27-12-2-5-19-21-13-18-14-22(19)25(18)21)23-11-9-17-7-6-15-3-1-4-16-8-10-20(23)26(17)24(15)16/h1,4,6-11,18-19,21-22,25-27H,2-3,5,12-14H2. The Balaban J connectivity index is 1.09. The minimum absolute atomic E-state index is 0.0589. The van der Waals surface area contributed by atoms with Gasteiger partial charge in [-0.2, -0.15) is 0 Å². The molecule has 0 aromatic rings. The zero-order chi connectivity index (χ0) is 20.0. The van der Waals surface area contributed by atoms with Gasteiger partial charge < -0.3 is 0 Å². The van der Waals surface area contributed by atoms with Crippen LogP contribution < -0.4 is 4.72 Å². The molecule has 0 aromatic carbocycles. The summed E-state index contributed by atoms with van der Waals surface area (Å²) in [6, 6.07) is 0. The van der Waals surface area contributed by atoms with Crippen molar-refractivity contribution in [1.82, 2.24) is 4.72 Å². The van der Waals surface area contributed by atoms with Crippen molar-refractivity contribution < 1.29 is 8.42 Å². The number of hydrogen-bond donors (Lipinski definition) is 1. The number of hydrogen-bond acceptors (Lipinski definition) is 2. The Bertz CT molecular complexity index is 1160. The fraction of sp³-hybridized carbons (Fsp3) is 0.462. The van der Waals surface area contributed by atoms with Crippen molar-refractivity contribution in [3.63, 3.8) is 0 Å². The summed E-state index contributed by atoms with van der Waals surface area (Å²) in [5.74, 6) is 5.03. The third-order valence-corrected chi connectivity index (χ3v) is 10.5. The van der Waals surface area contributed by atoms with Crippen LogP contribution in [-0.4, -0.2) is 15.0 Å². The lowest BCUT2D eigenvalue weighted by Gasteiger charge is -2.73. The summed E-state index contributed by atoms with van der Waals surface area (Å²) in [6.45, 7) is 0.551. The van der Waals surface area contributed by atoms with Gasteiger partial charge in [-0.1, -0.05) is 42.5 Å². The van der Waals surface area contributed by atoms with E-state index < -0.39 is 10.0 Å². The van der Waals surface area contributed by atoms with Crippen LogP contribution in [0.1, 0.15) is 32.1 Å². The quantitative estimate of drug-likeness (QED) is 0.636. The molecule has 0 saturated heterocycles. The van der Waals surface area contributed by atoms with Crippen LogP contribution in [0.2, 0.25) is 0 Å². The summed E-state index contributed by atoms with van der Waals surface area (Å²) < 4.78 is 29.4. The molecule has 7 aliphatic carbocycles. The van der Waals surface area contributed by atoms with Gasteiger partial charge in [0.25, 0.3) is 0 Å². The first-order valence-corrected chi connectivity index (χ1v) is 13.0. The third kappa shape index (κ3) is 2.27. The summed E-state index contributed by atoms with van der Waals surface area (Å²) in [4.78, 5) is 0.452. The first kappa shape index (κ1) is 17.7. The molecule has 0 heterocycles. The predicted octanol–water partition coefficient (Wildman–Crippen LogP) is 4.72. The topological polar surface area (TPSA) is 46.2 Å². The lowest BCUT2D eigenvalue weighted by Crippen LogP contribution is -2.67. The van der Waals surface area contributed by atoms with Gasteiger partial charge in [0.2, 0.25) is 10.0 Å². The van der Waals surface area contributed by atoms with Gasteiger partial charge in [-0.15, -0.1) is 0 Å². The predicted molar refractivity (Wildman–Crippen MR) is 119 cm³/mol. The first-order chi connectivity index (χ1) is 14.6. The highest BCUT2D eigenvalue weighted by molar-refractivity contribution is 7.93. The van der Waals surface area contributed by atoms with E-state index in [1.807, 2.05) is 12.2 Å². The van der Waals surface area contributed by atoms with Gasteiger partial charge in [0.05, 0.1) is 4.91 Å². The number of rotatable bonds is 6. The van der Waals surface area contributed by atoms with Crippen molar-refractivity contribution >= 4 is 10.0 Å². The maximum Gasteiger partial charge on any atom is 0.240 e. The van der Waals surface area contributed by atoms with E-state index in [9.17, 15) is 8.42 Å². The van der Waals surface area contributed by atoms with Crippen LogP contribution in [-0.2, 0) is 10.0 Å². The van der Waals surface area contributed by atoms with E-state index in [2.05, 4.69) is 35.1 Å². The van der Waals surface area contributed by atoms with E-state index in [1.54, 1.807) is 6.08 Å². The van der Waals surface area contributed by atoms with Gasteiger partial charge in [0.1, 0.15) is 0 Å². The lowest BCUT2D eigenvalue weighted by molar-refractivity contribution is -0.247. The second-order valence-corrected chi connectivity index (χ2v) is 11.8.